The van der Waals surface area contributed by atoms with Crippen molar-refractivity contribution in [2.24, 2.45) is 10.9 Å². The second-order valence-corrected chi connectivity index (χ2v) is 6.15. The molecule has 132 valence electrons. The summed E-state index contributed by atoms with van der Waals surface area (Å²) in [5, 5.41) is 11.7. The van der Waals surface area contributed by atoms with Crippen molar-refractivity contribution >= 4 is 28.9 Å². The standard InChI is InChI=1S/C16H18N4O5/c1-8(2)16(3)14(21)18-13(19-16)12-11(25-15(22)23)7-10-9(17-12)5-6-20(10)24-4/h5-8H,1-4H3,(H,22,23)(H,18,19,21). The van der Waals surface area contributed by atoms with Crippen molar-refractivity contribution in [1.29, 1.82) is 0 Å². The summed E-state index contributed by atoms with van der Waals surface area (Å²) in [5.41, 5.74) is 0.274. The van der Waals surface area contributed by atoms with Crippen LogP contribution in [0.2, 0.25) is 0 Å². The van der Waals surface area contributed by atoms with Crippen LogP contribution in [0.4, 0.5) is 4.79 Å². The van der Waals surface area contributed by atoms with Gasteiger partial charge in [-0.1, -0.05) is 13.8 Å². The summed E-state index contributed by atoms with van der Waals surface area (Å²) >= 11 is 0. The first-order valence-corrected chi connectivity index (χ1v) is 7.65. The molecule has 0 aromatic carbocycles. The molecule has 9 heteroatoms. The molecule has 0 saturated carbocycles. The highest BCUT2D eigenvalue weighted by atomic mass is 16.7. The molecule has 0 saturated heterocycles. The first-order chi connectivity index (χ1) is 11.8. The summed E-state index contributed by atoms with van der Waals surface area (Å²) < 4.78 is 6.28. The third-order valence-electron chi connectivity index (χ3n) is 4.38. The molecule has 2 aromatic rings. The van der Waals surface area contributed by atoms with E-state index in [-0.39, 0.29) is 29.1 Å². The summed E-state index contributed by atoms with van der Waals surface area (Å²) in [6, 6.07) is 3.18. The Bertz CT molecular complexity index is 901. The number of aliphatic imine (C=N–C) groups is 1. The highest BCUT2D eigenvalue weighted by Crippen LogP contribution is 2.30. The number of amides is 1. The zero-order valence-electron chi connectivity index (χ0n) is 14.2. The molecule has 3 heterocycles. The SMILES string of the molecule is COn1ccc2nc(C3=NC(C)(C(C)C)C(=O)N3)c(OC(=O)O)cc21. The van der Waals surface area contributed by atoms with E-state index in [1.807, 2.05) is 13.8 Å². The normalized spacial score (nSPS) is 19.9. The number of aromatic nitrogens is 2. The van der Waals surface area contributed by atoms with Gasteiger partial charge in [-0.3, -0.25) is 4.79 Å². The highest BCUT2D eigenvalue weighted by molar-refractivity contribution is 6.16. The molecule has 0 fully saturated rings. The minimum absolute atomic E-state index is 0.0379. The average molecular weight is 346 g/mol. The van der Waals surface area contributed by atoms with Crippen LogP contribution in [0.3, 0.4) is 0 Å². The van der Waals surface area contributed by atoms with Crippen molar-refractivity contribution in [3.05, 3.63) is 24.0 Å². The molecule has 1 aliphatic rings. The molecule has 0 radical (unpaired) electrons. The number of hydrogen-bond donors (Lipinski definition) is 2. The smallest absolute Gasteiger partial charge is 0.449 e. The van der Waals surface area contributed by atoms with Crippen molar-refractivity contribution in [2.45, 2.75) is 26.3 Å². The molecule has 25 heavy (non-hydrogen) atoms. The third kappa shape index (κ3) is 2.67. The summed E-state index contributed by atoms with van der Waals surface area (Å²) in [7, 11) is 1.47. The molecule has 1 atom stereocenters. The Balaban J connectivity index is 2.18. The molecule has 0 spiro atoms. The monoisotopic (exact) mass is 346 g/mol. The first kappa shape index (κ1) is 16.7. The van der Waals surface area contributed by atoms with Gasteiger partial charge in [0, 0.05) is 12.3 Å². The molecular formula is C16H18N4O5. The molecule has 1 aliphatic heterocycles. The summed E-state index contributed by atoms with van der Waals surface area (Å²) in [6.07, 6.45) is 0.147. The maximum absolute atomic E-state index is 12.3. The number of amidine groups is 1. The predicted octanol–water partition coefficient (Wildman–Crippen LogP) is 1.44. The van der Waals surface area contributed by atoms with Crippen LogP contribution < -0.4 is 14.9 Å². The lowest BCUT2D eigenvalue weighted by Gasteiger charge is -2.21. The average Bonchev–Trinajstić information content (AvgIpc) is 3.07. The van der Waals surface area contributed by atoms with Gasteiger partial charge in [-0.15, -0.1) is 0 Å². The van der Waals surface area contributed by atoms with E-state index in [0.717, 1.165) is 0 Å². The lowest BCUT2D eigenvalue weighted by atomic mass is 9.89. The van der Waals surface area contributed by atoms with Crippen LogP contribution >= 0.6 is 0 Å². The number of rotatable bonds is 4. The molecule has 3 rings (SSSR count). The number of carbonyl (C=O) groups is 2. The van der Waals surface area contributed by atoms with Crippen molar-refractivity contribution in [2.75, 3.05) is 7.11 Å². The van der Waals surface area contributed by atoms with Gasteiger partial charge in [0.05, 0.1) is 5.52 Å². The van der Waals surface area contributed by atoms with Crippen LogP contribution in [0.15, 0.2) is 23.3 Å². The number of carboxylic acid groups (broad SMARTS) is 1. The van der Waals surface area contributed by atoms with E-state index in [0.29, 0.717) is 11.0 Å². The molecule has 2 aromatic heterocycles. The fraction of sp³-hybridized carbons (Fsp3) is 0.375. The topological polar surface area (TPSA) is 115 Å². The quantitative estimate of drug-likeness (QED) is 0.810. The van der Waals surface area contributed by atoms with Crippen LogP contribution in [-0.2, 0) is 4.79 Å². The van der Waals surface area contributed by atoms with E-state index in [1.54, 1.807) is 19.2 Å². The fourth-order valence-electron chi connectivity index (χ4n) is 2.57. The minimum Gasteiger partial charge on any atom is -0.449 e. The maximum Gasteiger partial charge on any atom is 0.511 e. The van der Waals surface area contributed by atoms with Crippen molar-refractivity contribution in [3.8, 4) is 5.75 Å². The highest BCUT2D eigenvalue weighted by Gasteiger charge is 2.43. The predicted molar refractivity (Wildman–Crippen MR) is 88.8 cm³/mol. The van der Waals surface area contributed by atoms with E-state index in [4.69, 9.17) is 14.7 Å². The number of nitrogens with one attached hydrogen (secondary N) is 1. The van der Waals surface area contributed by atoms with Gasteiger partial charge < -0.3 is 20.0 Å². The number of fused-ring (bicyclic) bond motifs is 1. The van der Waals surface area contributed by atoms with E-state index >= 15 is 0 Å². The van der Waals surface area contributed by atoms with Gasteiger partial charge in [0.1, 0.15) is 23.9 Å². The van der Waals surface area contributed by atoms with E-state index in [1.165, 1.54) is 17.9 Å². The van der Waals surface area contributed by atoms with Gasteiger partial charge in [0.25, 0.3) is 5.91 Å². The Morgan fingerprint density at radius 3 is 2.72 bits per heavy atom. The Kier molecular flexibility index (Phi) is 3.86. The Morgan fingerprint density at radius 1 is 1.44 bits per heavy atom. The number of nitrogens with zero attached hydrogens (tertiary/aromatic N) is 3. The molecule has 0 bridgehead atoms. The van der Waals surface area contributed by atoms with Crippen LogP contribution in [-0.4, -0.2) is 45.4 Å². The first-order valence-electron chi connectivity index (χ1n) is 7.65. The van der Waals surface area contributed by atoms with Gasteiger partial charge in [0.15, 0.2) is 11.6 Å². The summed E-state index contributed by atoms with van der Waals surface area (Å²) in [6.45, 7) is 5.49. The summed E-state index contributed by atoms with van der Waals surface area (Å²) in [4.78, 5) is 37.4. The number of pyridine rings is 1. The van der Waals surface area contributed by atoms with Gasteiger partial charge in [-0.2, -0.15) is 4.73 Å². The molecule has 2 N–H and O–H groups in total. The lowest BCUT2D eigenvalue weighted by molar-refractivity contribution is -0.124. The maximum atomic E-state index is 12.3. The second-order valence-electron chi connectivity index (χ2n) is 6.15. The van der Waals surface area contributed by atoms with Crippen molar-refractivity contribution in [1.82, 2.24) is 15.0 Å². The zero-order valence-corrected chi connectivity index (χ0v) is 14.2. The van der Waals surface area contributed by atoms with Crippen LogP contribution in [0.1, 0.15) is 26.5 Å². The van der Waals surface area contributed by atoms with E-state index < -0.39 is 11.7 Å². The van der Waals surface area contributed by atoms with E-state index in [9.17, 15) is 9.59 Å². The Hall–Kier alpha value is -3.10. The lowest BCUT2D eigenvalue weighted by Crippen LogP contribution is -2.41. The van der Waals surface area contributed by atoms with Crippen LogP contribution in [0, 0.1) is 5.92 Å². The third-order valence-corrected chi connectivity index (χ3v) is 4.38. The van der Waals surface area contributed by atoms with Crippen molar-refractivity contribution < 1.29 is 24.3 Å². The molecule has 0 aliphatic carbocycles. The van der Waals surface area contributed by atoms with Gasteiger partial charge in [-0.25, -0.2) is 14.8 Å². The van der Waals surface area contributed by atoms with Gasteiger partial charge in [-0.05, 0) is 18.9 Å². The molecule has 1 amide bonds. The summed E-state index contributed by atoms with van der Waals surface area (Å²) in [5.74, 6) is -0.171. The largest absolute Gasteiger partial charge is 0.511 e. The molecule has 1 unspecified atom stereocenters. The number of hydrogen-bond acceptors (Lipinski definition) is 6. The Morgan fingerprint density at radius 2 is 2.16 bits per heavy atom. The zero-order chi connectivity index (χ0) is 18.4. The fourth-order valence-corrected chi connectivity index (χ4v) is 2.57. The second kappa shape index (κ2) is 5.76. The Labute approximate surface area is 143 Å². The van der Waals surface area contributed by atoms with Crippen LogP contribution in [0.5, 0.6) is 5.75 Å². The minimum atomic E-state index is -1.49. The molecule has 9 nitrogen and oxygen atoms in total. The molecular weight excluding hydrogens is 328 g/mol. The van der Waals surface area contributed by atoms with Crippen LogP contribution in [0.25, 0.3) is 11.0 Å². The van der Waals surface area contributed by atoms with Gasteiger partial charge >= 0.3 is 6.16 Å². The van der Waals surface area contributed by atoms with Crippen molar-refractivity contribution in [3.63, 3.8) is 0 Å². The van der Waals surface area contributed by atoms with E-state index in [2.05, 4.69) is 15.3 Å². The number of ether oxygens (including phenoxy) is 1. The van der Waals surface area contributed by atoms with Gasteiger partial charge in [0.2, 0.25) is 0 Å². The number of carbonyl (C=O) groups excluding carboxylic acids is 1.